The average Bonchev–Trinajstić information content (AvgIpc) is 3.19. The first kappa shape index (κ1) is 23.7. The number of nitrogens with one attached hydrogen (secondary N) is 1. The molecule has 2 aromatic rings. The van der Waals surface area contributed by atoms with E-state index in [0.717, 1.165) is 55.6 Å². The van der Waals surface area contributed by atoms with Crippen LogP contribution in [-0.4, -0.2) is 50.2 Å². The van der Waals surface area contributed by atoms with Crippen LogP contribution in [0.1, 0.15) is 41.6 Å². The maximum atomic E-state index is 5.46. The van der Waals surface area contributed by atoms with Crippen LogP contribution in [0, 0.1) is 0 Å². The van der Waals surface area contributed by atoms with Crippen molar-refractivity contribution in [3.63, 3.8) is 0 Å². The van der Waals surface area contributed by atoms with Crippen molar-refractivity contribution in [3.8, 4) is 11.5 Å². The molecule has 0 aliphatic carbocycles. The number of aromatic nitrogens is 1. The second kappa shape index (κ2) is 11.0. The van der Waals surface area contributed by atoms with Crippen LogP contribution in [0.2, 0.25) is 0 Å². The first-order valence-corrected chi connectivity index (χ1v) is 10.6. The summed E-state index contributed by atoms with van der Waals surface area (Å²) in [5, 5.41) is 6.86. The van der Waals surface area contributed by atoms with Crippen molar-refractivity contribution in [3.05, 3.63) is 39.3 Å². The maximum absolute atomic E-state index is 5.46. The van der Waals surface area contributed by atoms with Gasteiger partial charge in [-0.05, 0) is 29.7 Å². The molecule has 2 heterocycles. The van der Waals surface area contributed by atoms with Gasteiger partial charge in [0, 0.05) is 44.4 Å². The molecular formula is C21H31IN4O2S. The predicted molar refractivity (Wildman–Crippen MR) is 130 cm³/mol. The van der Waals surface area contributed by atoms with Crippen LogP contribution in [0.4, 0.5) is 0 Å². The van der Waals surface area contributed by atoms with Crippen LogP contribution in [0.5, 0.6) is 11.5 Å². The molecule has 0 unspecified atom stereocenters. The lowest BCUT2D eigenvalue weighted by Gasteiger charge is -2.32. The predicted octanol–water partition coefficient (Wildman–Crippen LogP) is 4.08. The normalized spacial score (nSPS) is 13.7. The lowest BCUT2D eigenvalue weighted by Crippen LogP contribution is -2.44. The summed E-state index contributed by atoms with van der Waals surface area (Å²) in [5.41, 5.74) is 3.72. The Kier molecular flexibility index (Phi) is 9.01. The van der Waals surface area contributed by atoms with Gasteiger partial charge in [0.1, 0.15) is 0 Å². The van der Waals surface area contributed by atoms with Crippen molar-refractivity contribution >= 4 is 41.3 Å². The van der Waals surface area contributed by atoms with E-state index in [4.69, 9.17) is 14.5 Å². The van der Waals surface area contributed by atoms with Crippen LogP contribution >= 0.6 is 35.3 Å². The summed E-state index contributed by atoms with van der Waals surface area (Å²) in [6.07, 6.45) is 1.86. The Hall–Kier alpha value is -1.55. The van der Waals surface area contributed by atoms with Crippen molar-refractivity contribution in [2.75, 3.05) is 34.4 Å². The minimum Gasteiger partial charge on any atom is -0.493 e. The van der Waals surface area contributed by atoms with E-state index in [9.17, 15) is 0 Å². The molecule has 0 fully saturated rings. The molecule has 160 valence electrons. The standard InChI is InChI=1S/C21H30N4O2S.HI/c1-14(2)20-24-17(13-28-20)6-8-23-21(22-3)25-9-7-15-10-18(26-4)19(27-5)11-16(15)12-25;/h10-11,13-14H,6-9,12H2,1-5H3,(H,22,23);1H. The summed E-state index contributed by atoms with van der Waals surface area (Å²) in [5.74, 6) is 2.99. The van der Waals surface area contributed by atoms with Crippen LogP contribution in [0.15, 0.2) is 22.5 Å². The molecule has 1 N–H and O–H groups in total. The van der Waals surface area contributed by atoms with Crippen LogP contribution in [-0.2, 0) is 19.4 Å². The molecule has 1 aliphatic rings. The first-order valence-electron chi connectivity index (χ1n) is 9.69. The largest absolute Gasteiger partial charge is 0.493 e. The van der Waals surface area contributed by atoms with Gasteiger partial charge in [-0.25, -0.2) is 4.98 Å². The Bertz CT molecular complexity index is 838. The third-order valence-electron chi connectivity index (χ3n) is 4.96. The number of hydrogen-bond acceptors (Lipinski definition) is 5. The fourth-order valence-corrected chi connectivity index (χ4v) is 4.27. The molecule has 3 rings (SSSR count). The molecule has 0 saturated heterocycles. The number of ether oxygens (including phenoxy) is 2. The van der Waals surface area contributed by atoms with Gasteiger partial charge in [0.25, 0.3) is 0 Å². The van der Waals surface area contributed by atoms with E-state index in [0.29, 0.717) is 5.92 Å². The topological polar surface area (TPSA) is 59.0 Å². The van der Waals surface area contributed by atoms with E-state index in [1.807, 2.05) is 7.05 Å². The van der Waals surface area contributed by atoms with Gasteiger partial charge in [0.05, 0.1) is 24.9 Å². The SMILES string of the molecule is CN=C(NCCc1csc(C(C)C)n1)N1CCc2cc(OC)c(OC)cc2C1.I. The summed E-state index contributed by atoms with van der Waals surface area (Å²) in [6.45, 7) is 6.92. The molecule has 1 aromatic heterocycles. The zero-order valence-electron chi connectivity index (χ0n) is 17.8. The number of benzene rings is 1. The summed E-state index contributed by atoms with van der Waals surface area (Å²) >= 11 is 1.75. The number of aliphatic imine (C=N–C) groups is 1. The van der Waals surface area contributed by atoms with Gasteiger partial charge in [-0.3, -0.25) is 4.99 Å². The van der Waals surface area contributed by atoms with Crippen molar-refractivity contribution in [2.24, 2.45) is 4.99 Å². The van der Waals surface area contributed by atoms with Crippen molar-refractivity contribution in [2.45, 2.75) is 39.2 Å². The smallest absolute Gasteiger partial charge is 0.193 e. The highest BCUT2D eigenvalue weighted by molar-refractivity contribution is 14.0. The van der Waals surface area contributed by atoms with E-state index >= 15 is 0 Å². The summed E-state index contributed by atoms with van der Waals surface area (Å²) in [6, 6.07) is 4.17. The van der Waals surface area contributed by atoms with E-state index in [1.54, 1.807) is 25.6 Å². The van der Waals surface area contributed by atoms with E-state index in [1.165, 1.54) is 16.1 Å². The lowest BCUT2D eigenvalue weighted by molar-refractivity contribution is 0.346. The molecular weight excluding hydrogens is 499 g/mol. The van der Waals surface area contributed by atoms with Gasteiger partial charge in [0.15, 0.2) is 17.5 Å². The fraction of sp³-hybridized carbons (Fsp3) is 0.524. The number of rotatable bonds is 6. The molecule has 8 heteroatoms. The molecule has 0 bridgehead atoms. The number of methoxy groups -OCH3 is 2. The molecule has 29 heavy (non-hydrogen) atoms. The molecule has 0 atom stereocenters. The average molecular weight is 530 g/mol. The van der Waals surface area contributed by atoms with Crippen molar-refractivity contribution in [1.82, 2.24) is 15.2 Å². The highest BCUT2D eigenvalue weighted by Gasteiger charge is 2.21. The van der Waals surface area contributed by atoms with Gasteiger partial charge in [-0.1, -0.05) is 13.8 Å². The molecule has 0 spiro atoms. The maximum Gasteiger partial charge on any atom is 0.193 e. The van der Waals surface area contributed by atoms with Gasteiger partial charge in [-0.2, -0.15) is 0 Å². The second-order valence-corrected chi connectivity index (χ2v) is 8.09. The fourth-order valence-electron chi connectivity index (χ4n) is 3.40. The summed E-state index contributed by atoms with van der Waals surface area (Å²) in [7, 11) is 5.19. The van der Waals surface area contributed by atoms with E-state index < -0.39 is 0 Å². The van der Waals surface area contributed by atoms with Gasteiger partial charge < -0.3 is 19.7 Å². The quantitative estimate of drug-likeness (QED) is 0.347. The number of halogens is 1. The summed E-state index contributed by atoms with van der Waals surface area (Å²) in [4.78, 5) is 11.5. The van der Waals surface area contributed by atoms with Gasteiger partial charge >= 0.3 is 0 Å². The third-order valence-corrected chi connectivity index (χ3v) is 6.15. The zero-order valence-corrected chi connectivity index (χ0v) is 21.0. The highest BCUT2D eigenvalue weighted by Crippen LogP contribution is 2.33. The number of fused-ring (bicyclic) bond motifs is 1. The van der Waals surface area contributed by atoms with Crippen molar-refractivity contribution in [1.29, 1.82) is 0 Å². The lowest BCUT2D eigenvalue weighted by atomic mass is 9.99. The monoisotopic (exact) mass is 530 g/mol. The third kappa shape index (κ3) is 5.75. The number of hydrogen-bond donors (Lipinski definition) is 1. The molecule has 1 aliphatic heterocycles. The Labute approximate surface area is 194 Å². The minimum absolute atomic E-state index is 0. The molecule has 0 saturated carbocycles. The number of thiazole rings is 1. The van der Waals surface area contributed by atoms with Gasteiger partial charge in [-0.15, -0.1) is 35.3 Å². The Morgan fingerprint density at radius 2 is 1.93 bits per heavy atom. The van der Waals surface area contributed by atoms with E-state index in [2.05, 4.69) is 46.6 Å². The Morgan fingerprint density at radius 3 is 2.52 bits per heavy atom. The highest BCUT2D eigenvalue weighted by atomic mass is 127. The summed E-state index contributed by atoms with van der Waals surface area (Å²) < 4.78 is 10.9. The van der Waals surface area contributed by atoms with E-state index in [-0.39, 0.29) is 24.0 Å². The molecule has 6 nitrogen and oxygen atoms in total. The second-order valence-electron chi connectivity index (χ2n) is 7.20. The van der Waals surface area contributed by atoms with Crippen LogP contribution in [0.25, 0.3) is 0 Å². The number of guanidine groups is 1. The first-order chi connectivity index (χ1) is 13.5. The number of nitrogens with zero attached hydrogens (tertiary/aromatic N) is 3. The van der Waals surface area contributed by atoms with Crippen molar-refractivity contribution < 1.29 is 9.47 Å². The minimum atomic E-state index is 0. The molecule has 0 radical (unpaired) electrons. The molecule has 1 aromatic carbocycles. The zero-order chi connectivity index (χ0) is 20.1. The Balaban J connectivity index is 0.00000300. The van der Waals surface area contributed by atoms with Gasteiger partial charge in [0.2, 0.25) is 0 Å². The Morgan fingerprint density at radius 1 is 1.24 bits per heavy atom. The molecule has 0 amide bonds. The van der Waals surface area contributed by atoms with Crippen LogP contribution < -0.4 is 14.8 Å². The van der Waals surface area contributed by atoms with Crippen LogP contribution in [0.3, 0.4) is 0 Å².